The topological polar surface area (TPSA) is 29.5 Å². The predicted molar refractivity (Wildman–Crippen MR) is 44.8 cm³/mol. The largest absolute Gasteiger partial charge is 0.551 e. The zero-order chi connectivity index (χ0) is 8.69. The van der Waals surface area contributed by atoms with Crippen LogP contribution in [0.2, 0.25) is 0 Å². The summed E-state index contributed by atoms with van der Waals surface area (Å²) in [6.45, 7) is 4.00. The number of benzene rings is 1. The second-order valence-corrected chi connectivity index (χ2v) is 1.60. The van der Waals surface area contributed by atoms with Gasteiger partial charge in [-0.1, -0.05) is 13.8 Å². The summed E-state index contributed by atoms with van der Waals surface area (Å²) in [4.78, 5) is 0. The van der Waals surface area contributed by atoms with Crippen LogP contribution in [-0.4, -0.2) is 12.2 Å². The molecule has 0 unspecified atom stereocenters. The van der Waals surface area contributed by atoms with Crippen LogP contribution in [0.25, 0.3) is 0 Å². The summed E-state index contributed by atoms with van der Waals surface area (Å²) in [5, 5.41) is 8.97. The molecule has 68 valence electrons. The molecule has 1 aromatic carbocycles. The van der Waals surface area contributed by atoms with Gasteiger partial charge in [-0.05, 0) is 0 Å². The summed E-state index contributed by atoms with van der Waals surface area (Å²) in [6, 6.07) is 7.50. The van der Waals surface area contributed by atoms with Gasteiger partial charge in [0.05, 0.1) is 7.11 Å². The first-order chi connectivity index (χ1) is 5.34. The minimum Gasteiger partial charge on any atom is -0.551 e. The Labute approximate surface area is 87.8 Å². The summed E-state index contributed by atoms with van der Waals surface area (Å²) in [5.74, 6) is 0.605. The van der Waals surface area contributed by atoms with Crippen LogP contribution in [0.5, 0.6) is 11.5 Å². The van der Waals surface area contributed by atoms with Crippen molar-refractivity contribution in [3.8, 4) is 11.5 Å². The molecule has 0 atom stereocenters. The van der Waals surface area contributed by atoms with Gasteiger partial charge in [-0.25, -0.2) is 0 Å². The third-order valence-corrected chi connectivity index (χ3v) is 1.02. The Hall–Kier alpha value is -0.492. The zero-order valence-corrected chi connectivity index (χ0v) is 10.4. The Morgan fingerprint density at radius 2 is 2.00 bits per heavy atom. The van der Waals surface area contributed by atoms with Crippen molar-refractivity contribution in [2.45, 2.75) is 13.8 Å². The van der Waals surface area contributed by atoms with E-state index in [1.807, 2.05) is 13.8 Å². The molecule has 0 aliphatic carbocycles. The molecule has 0 radical (unpaired) electrons. The Balaban J connectivity index is 0. The van der Waals surface area contributed by atoms with E-state index in [-0.39, 0.29) is 26.8 Å². The Kier molecular flexibility index (Phi) is 10.1. The average molecular weight is 337 g/mol. The first kappa shape index (κ1) is 14.1. The van der Waals surface area contributed by atoms with E-state index in [1.165, 1.54) is 13.2 Å². The van der Waals surface area contributed by atoms with Crippen molar-refractivity contribution in [1.82, 2.24) is 0 Å². The summed E-state index contributed by atoms with van der Waals surface area (Å²) < 4.78 is 4.76. The molecule has 0 aliphatic heterocycles. The average Bonchev–Trinajstić information content (AvgIpc) is 2.09. The molecule has 2 nitrogen and oxygen atoms in total. The van der Waals surface area contributed by atoms with Gasteiger partial charge in [-0.2, -0.15) is 12.1 Å². The van der Waals surface area contributed by atoms with E-state index in [9.17, 15) is 0 Å². The fourth-order valence-electron chi connectivity index (χ4n) is 0.570. The maximum Gasteiger partial charge on any atom is 0.0608 e. The van der Waals surface area contributed by atoms with Gasteiger partial charge in [-0.3, -0.25) is 0 Å². The molecule has 0 saturated heterocycles. The number of ether oxygens (including phenoxy) is 1. The van der Waals surface area contributed by atoms with Crippen LogP contribution in [0.3, 0.4) is 0 Å². The van der Waals surface area contributed by atoms with Crippen LogP contribution in [0.1, 0.15) is 13.8 Å². The van der Waals surface area contributed by atoms with Gasteiger partial charge in [0.15, 0.2) is 0 Å². The van der Waals surface area contributed by atoms with Gasteiger partial charge >= 0.3 is 0 Å². The first-order valence-corrected chi connectivity index (χ1v) is 3.57. The molecule has 0 fully saturated rings. The van der Waals surface area contributed by atoms with E-state index in [0.29, 0.717) is 5.75 Å². The SMILES string of the molecule is CC.COc1c[c-]ccc1O.[W]. The Morgan fingerprint density at radius 3 is 2.33 bits per heavy atom. The quantitative estimate of drug-likeness (QED) is 0.797. The minimum atomic E-state index is 0. The van der Waals surface area contributed by atoms with Crippen LogP contribution in [0.15, 0.2) is 18.2 Å². The summed E-state index contributed by atoms with van der Waals surface area (Å²) >= 11 is 0. The van der Waals surface area contributed by atoms with E-state index in [4.69, 9.17) is 9.84 Å². The van der Waals surface area contributed by atoms with Gasteiger partial charge in [0, 0.05) is 32.6 Å². The molecule has 0 bridgehead atoms. The normalized spacial score (nSPS) is 7.25. The zero-order valence-electron chi connectivity index (χ0n) is 7.50. The van der Waals surface area contributed by atoms with Crippen molar-refractivity contribution in [2.75, 3.05) is 7.11 Å². The van der Waals surface area contributed by atoms with Crippen LogP contribution in [0.4, 0.5) is 0 Å². The van der Waals surface area contributed by atoms with Crippen molar-refractivity contribution in [1.29, 1.82) is 0 Å². The Morgan fingerprint density at radius 1 is 1.42 bits per heavy atom. The maximum absolute atomic E-state index is 8.97. The van der Waals surface area contributed by atoms with E-state index < -0.39 is 0 Å². The molecule has 12 heavy (non-hydrogen) atoms. The van der Waals surface area contributed by atoms with E-state index in [1.54, 1.807) is 12.1 Å². The number of aromatic hydroxyl groups is 1. The van der Waals surface area contributed by atoms with Gasteiger partial charge in [0.25, 0.3) is 0 Å². The third kappa shape index (κ3) is 4.40. The molecule has 0 heterocycles. The summed E-state index contributed by atoms with van der Waals surface area (Å²) in [6.07, 6.45) is 0. The van der Waals surface area contributed by atoms with Crippen molar-refractivity contribution < 1.29 is 30.9 Å². The molecule has 3 heteroatoms. The molecule has 1 aromatic rings. The second kappa shape index (κ2) is 8.60. The van der Waals surface area contributed by atoms with Gasteiger partial charge in [-0.15, -0.1) is 12.1 Å². The Bertz CT molecular complexity index is 201. The number of hydrogen-bond acceptors (Lipinski definition) is 2. The monoisotopic (exact) mass is 337 g/mol. The number of hydrogen-bond donors (Lipinski definition) is 1. The summed E-state index contributed by atoms with van der Waals surface area (Å²) in [7, 11) is 1.50. The van der Waals surface area contributed by atoms with Crippen molar-refractivity contribution in [2.24, 2.45) is 0 Å². The van der Waals surface area contributed by atoms with Gasteiger partial charge in [0.1, 0.15) is 0 Å². The van der Waals surface area contributed by atoms with Crippen LogP contribution in [-0.2, 0) is 21.1 Å². The number of methoxy groups -OCH3 is 1. The molecule has 1 N–H and O–H groups in total. The molecule has 0 aliphatic rings. The number of phenols is 1. The molecule has 0 saturated carbocycles. The smallest absolute Gasteiger partial charge is 0.0608 e. The van der Waals surface area contributed by atoms with Gasteiger partial charge in [0.2, 0.25) is 0 Å². The molecule has 0 aromatic heterocycles. The predicted octanol–water partition coefficient (Wildman–Crippen LogP) is 2.22. The standard InChI is InChI=1S/C7H7O2.C2H6.W/c1-9-7-5-3-2-4-6(7)8;1-2;/h2,4-5,8H,1H3;1-2H3;/q-1;;. The van der Waals surface area contributed by atoms with Gasteiger partial charge < -0.3 is 9.84 Å². The van der Waals surface area contributed by atoms with Crippen LogP contribution in [0, 0.1) is 6.07 Å². The molecule has 0 spiro atoms. The fourth-order valence-corrected chi connectivity index (χ4v) is 0.570. The molecule has 1 rings (SSSR count). The van der Waals surface area contributed by atoms with Crippen molar-refractivity contribution in [3.63, 3.8) is 0 Å². The molecular formula is C9H13O2W-. The first-order valence-electron chi connectivity index (χ1n) is 3.57. The maximum atomic E-state index is 8.97. The summed E-state index contributed by atoms with van der Waals surface area (Å²) in [5.41, 5.74) is 0. The van der Waals surface area contributed by atoms with Crippen molar-refractivity contribution in [3.05, 3.63) is 24.3 Å². The molecular weight excluding hydrogens is 324 g/mol. The number of phenolic OH excluding ortho intramolecular Hbond substituents is 1. The fraction of sp³-hybridized carbons (Fsp3) is 0.333. The van der Waals surface area contributed by atoms with Crippen LogP contribution < -0.4 is 4.74 Å². The second-order valence-electron chi connectivity index (χ2n) is 1.60. The minimum absolute atomic E-state index is 0. The third-order valence-electron chi connectivity index (χ3n) is 1.02. The van der Waals surface area contributed by atoms with Crippen molar-refractivity contribution >= 4 is 0 Å². The van der Waals surface area contributed by atoms with E-state index >= 15 is 0 Å². The molecule has 0 amide bonds. The van der Waals surface area contributed by atoms with E-state index in [0.717, 1.165) is 0 Å². The van der Waals surface area contributed by atoms with E-state index in [2.05, 4.69) is 6.07 Å². The van der Waals surface area contributed by atoms with Crippen LogP contribution >= 0.6 is 0 Å². The number of rotatable bonds is 1.